The number of likely N-dealkylation sites (N-methyl/N-ethyl adjacent to an activating group) is 1. The largest absolute Gasteiger partial charge is 0.508 e. The maximum atomic E-state index is 14.0. The Labute approximate surface area is 248 Å². The van der Waals surface area contributed by atoms with Gasteiger partial charge in [0.25, 0.3) is 5.91 Å². The summed E-state index contributed by atoms with van der Waals surface area (Å²) in [6.07, 6.45) is -4.37. The predicted octanol–water partition coefficient (Wildman–Crippen LogP) is 1.82. The number of fused-ring (bicyclic) bond motifs is 3. The fourth-order valence-corrected chi connectivity index (χ4v) is 6.73. The Kier molecular flexibility index (Phi) is 7.32. The highest BCUT2D eigenvalue weighted by Crippen LogP contribution is 2.54. The monoisotopic (exact) mass is 620 g/mol. The molecule has 1 heterocycles. The van der Waals surface area contributed by atoms with Crippen molar-refractivity contribution in [2.24, 2.45) is 17.6 Å². The van der Waals surface area contributed by atoms with Crippen LogP contribution < -0.4 is 10.6 Å². The molecule has 0 spiro atoms. The minimum atomic E-state index is -4.70. The molecule has 44 heavy (non-hydrogen) atoms. The number of phenols is 1. The molecular weight excluding hydrogens is 589 g/mol. The molecule has 0 aliphatic heterocycles. The molecule has 15 heteroatoms. The number of rotatable bonds is 6. The van der Waals surface area contributed by atoms with Crippen molar-refractivity contribution >= 4 is 28.9 Å². The number of phenolic OH excluding ortho intramolecular Hbond substituents is 1. The third kappa shape index (κ3) is 4.53. The van der Waals surface area contributed by atoms with Gasteiger partial charge in [0.1, 0.15) is 29.1 Å². The number of carbonyl (C=O) groups excluding carboxylic acids is 3. The van der Waals surface area contributed by atoms with Crippen LogP contribution in [0.25, 0.3) is 5.76 Å². The number of aliphatic hydroxyl groups excluding tert-OH is 2. The van der Waals surface area contributed by atoms with Gasteiger partial charge >= 0.3 is 6.18 Å². The number of halogens is 3. The molecule has 3 aliphatic carbocycles. The summed E-state index contributed by atoms with van der Waals surface area (Å²) >= 11 is 0. The Balaban J connectivity index is 1.63. The van der Waals surface area contributed by atoms with Crippen molar-refractivity contribution in [1.82, 2.24) is 9.88 Å². The molecule has 1 fully saturated rings. The molecular formula is C29H31F3N4O8. The highest BCUT2D eigenvalue weighted by molar-refractivity contribution is 6.24. The zero-order chi connectivity index (χ0) is 32.6. The molecule has 1 aromatic carbocycles. The second-order valence-corrected chi connectivity index (χ2v) is 11.7. The van der Waals surface area contributed by atoms with Crippen molar-refractivity contribution in [2.45, 2.75) is 43.5 Å². The Morgan fingerprint density at radius 1 is 1.16 bits per heavy atom. The van der Waals surface area contributed by atoms with Crippen LogP contribution in [0.4, 0.5) is 18.9 Å². The smallest absolute Gasteiger partial charge is 0.436 e. The van der Waals surface area contributed by atoms with Gasteiger partial charge in [0, 0.05) is 37.7 Å². The first-order valence-electron chi connectivity index (χ1n) is 13.6. The van der Waals surface area contributed by atoms with Crippen molar-refractivity contribution in [2.75, 3.05) is 33.1 Å². The third-order valence-electron chi connectivity index (χ3n) is 8.71. The fourth-order valence-electron chi connectivity index (χ4n) is 6.73. The zero-order valence-electron chi connectivity index (χ0n) is 24.2. The molecule has 1 amide bonds. The van der Waals surface area contributed by atoms with E-state index in [1.54, 1.807) is 25.1 Å². The molecule has 4 unspecified atom stereocenters. The number of primary amides is 1. The Morgan fingerprint density at radius 3 is 2.36 bits per heavy atom. The van der Waals surface area contributed by atoms with Crippen LogP contribution >= 0.6 is 0 Å². The molecule has 0 saturated heterocycles. The van der Waals surface area contributed by atoms with Crippen LogP contribution in [-0.4, -0.2) is 87.6 Å². The van der Waals surface area contributed by atoms with Crippen molar-refractivity contribution in [1.29, 1.82) is 0 Å². The van der Waals surface area contributed by atoms with Gasteiger partial charge in [-0.2, -0.15) is 13.2 Å². The van der Waals surface area contributed by atoms with Crippen molar-refractivity contribution in [3.8, 4) is 5.75 Å². The maximum Gasteiger partial charge on any atom is 0.436 e. The summed E-state index contributed by atoms with van der Waals surface area (Å²) in [7, 11) is 6.44. The highest BCUT2D eigenvalue weighted by atomic mass is 19.4. The number of nitrogens with two attached hydrogens (primary N) is 1. The molecule has 2 aromatic rings. The number of aromatic hydroxyl groups is 1. The summed E-state index contributed by atoms with van der Waals surface area (Å²) in [5.41, 5.74) is 1.24. The van der Waals surface area contributed by atoms with Crippen LogP contribution in [0.2, 0.25) is 0 Å². The van der Waals surface area contributed by atoms with Gasteiger partial charge in [-0.25, -0.2) is 4.98 Å². The Bertz CT molecular complexity index is 1660. The molecule has 0 bridgehead atoms. The number of Topliss-reactive ketones (excluding diaryl/α,β-unsaturated/α-hetero) is 2. The molecule has 236 valence electrons. The molecule has 1 saturated carbocycles. The normalized spacial score (nSPS) is 25.2. The number of aliphatic hydroxyl groups is 3. The summed E-state index contributed by atoms with van der Waals surface area (Å²) in [5.74, 6) is -7.82. The molecule has 12 nitrogen and oxygen atoms in total. The average Bonchev–Trinajstić information content (AvgIpc) is 3.39. The summed E-state index contributed by atoms with van der Waals surface area (Å²) < 4.78 is 43.8. The average molecular weight is 621 g/mol. The van der Waals surface area contributed by atoms with Gasteiger partial charge < -0.3 is 35.5 Å². The number of oxazole rings is 1. The molecule has 0 radical (unpaired) electrons. The van der Waals surface area contributed by atoms with Crippen LogP contribution in [0, 0.1) is 11.8 Å². The predicted molar refractivity (Wildman–Crippen MR) is 147 cm³/mol. The lowest BCUT2D eigenvalue weighted by atomic mass is 9.57. The quantitative estimate of drug-likeness (QED) is 0.296. The number of carbonyl (C=O) groups is 3. The van der Waals surface area contributed by atoms with Gasteiger partial charge in [-0.3, -0.25) is 19.3 Å². The van der Waals surface area contributed by atoms with Crippen LogP contribution in [0.5, 0.6) is 5.75 Å². The van der Waals surface area contributed by atoms with E-state index in [-0.39, 0.29) is 48.3 Å². The van der Waals surface area contributed by atoms with E-state index in [2.05, 4.69) is 4.98 Å². The highest BCUT2D eigenvalue weighted by Gasteiger charge is 2.64. The first kappa shape index (κ1) is 31.1. The van der Waals surface area contributed by atoms with Crippen molar-refractivity contribution in [3.05, 3.63) is 57.5 Å². The van der Waals surface area contributed by atoms with Gasteiger partial charge in [-0.05, 0) is 56.5 Å². The first-order valence-corrected chi connectivity index (χ1v) is 13.6. The number of nitrogens with zero attached hydrogens (tertiary/aromatic N) is 3. The second-order valence-electron chi connectivity index (χ2n) is 11.7. The lowest BCUT2D eigenvalue weighted by Crippen LogP contribution is -2.65. The number of ketones is 2. The van der Waals surface area contributed by atoms with Gasteiger partial charge in [0.2, 0.25) is 5.78 Å². The van der Waals surface area contributed by atoms with Crippen LogP contribution in [0.15, 0.2) is 33.7 Å². The number of amides is 1. The molecule has 6 N–H and O–H groups in total. The molecule has 3 aliphatic rings. The van der Waals surface area contributed by atoms with E-state index >= 15 is 0 Å². The van der Waals surface area contributed by atoms with Crippen LogP contribution in [0.1, 0.15) is 34.7 Å². The van der Waals surface area contributed by atoms with Crippen molar-refractivity contribution < 1.29 is 52.4 Å². The minimum absolute atomic E-state index is 0.0537. The minimum Gasteiger partial charge on any atom is -0.508 e. The molecule has 5 rings (SSSR count). The van der Waals surface area contributed by atoms with E-state index < -0.39 is 75.7 Å². The lowest BCUT2D eigenvalue weighted by molar-refractivity contribution is -0.153. The number of hydrogen-bond donors (Lipinski definition) is 5. The number of benzene rings is 1. The Hall–Kier alpha value is -4.37. The standard InChI is InChI=1S/C29H31F3N4O8/c1-35(2)15-9-11(5-6-17-34-16(10-44-17)29(30,31)32)22(37)19-13(15)7-12-8-14-21(36(3)4)24(39)20(27(33)42)26(41)28(14,43)25(40)18(12)23(19)38/h9-10,12,14,21,37-38,41,43H,5-8H2,1-4H3,(H2,33,42). The van der Waals surface area contributed by atoms with E-state index in [9.17, 15) is 48.0 Å². The van der Waals surface area contributed by atoms with E-state index in [0.717, 1.165) is 0 Å². The number of anilines is 1. The third-order valence-corrected chi connectivity index (χ3v) is 8.71. The molecule has 1 aromatic heterocycles. The van der Waals surface area contributed by atoms with E-state index in [4.69, 9.17) is 10.2 Å². The first-order chi connectivity index (χ1) is 20.4. The van der Waals surface area contributed by atoms with Gasteiger partial charge in [-0.1, -0.05) is 0 Å². The van der Waals surface area contributed by atoms with Gasteiger partial charge in [-0.15, -0.1) is 0 Å². The van der Waals surface area contributed by atoms with Gasteiger partial charge in [0.15, 0.2) is 23.0 Å². The second kappa shape index (κ2) is 10.4. The fraction of sp³-hybridized carbons (Fsp3) is 0.448. The number of hydrogen-bond acceptors (Lipinski definition) is 11. The SMILES string of the molecule is CN(C)c1cc(CCc2nc(C(F)(F)F)co2)c(O)c2c1CC1CC3C(N(C)C)C(=O)C(C(N)=O)=C(O)C3(O)C(=O)C1=C2O. The maximum absolute atomic E-state index is 14.0. The Morgan fingerprint density at radius 2 is 1.82 bits per heavy atom. The summed E-state index contributed by atoms with van der Waals surface area (Å²) in [6, 6.07) is 0.409. The molecule has 4 atom stereocenters. The van der Waals surface area contributed by atoms with Crippen molar-refractivity contribution in [3.63, 3.8) is 0 Å². The number of aromatic nitrogens is 1. The van der Waals surface area contributed by atoms with Crippen LogP contribution in [-0.2, 0) is 39.8 Å². The zero-order valence-corrected chi connectivity index (χ0v) is 24.2. The lowest BCUT2D eigenvalue weighted by Gasteiger charge is -2.50. The number of aryl methyl sites for hydroxylation is 2. The van der Waals surface area contributed by atoms with Crippen LogP contribution in [0.3, 0.4) is 0 Å². The topological polar surface area (TPSA) is 191 Å². The van der Waals surface area contributed by atoms with E-state index in [1.165, 1.54) is 19.0 Å². The van der Waals surface area contributed by atoms with E-state index in [0.29, 0.717) is 17.5 Å². The summed E-state index contributed by atoms with van der Waals surface area (Å²) in [4.78, 5) is 46.0. The summed E-state index contributed by atoms with van der Waals surface area (Å²) in [6.45, 7) is 0. The summed E-state index contributed by atoms with van der Waals surface area (Å²) in [5, 5.41) is 45.6. The number of alkyl halides is 3. The van der Waals surface area contributed by atoms with E-state index in [1.807, 2.05) is 0 Å². The van der Waals surface area contributed by atoms with Gasteiger partial charge in [0.05, 0.1) is 11.6 Å².